The number of methoxy groups -OCH3 is 2. The van der Waals surface area contributed by atoms with Gasteiger partial charge in [0.05, 0.1) is 25.7 Å². The van der Waals surface area contributed by atoms with Crippen LogP contribution in [0.5, 0.6) is 11.5 Å². The summed E-state index contributed by atoms with van der Waals surface area (Å²) >= 11 is 3.08. The molecule has 0 atom stereocenters. The van der Waals surface area contributed by atoms with E-state index < -0.39 is 0 Å². The largest absolute Gasteiger partial charge is 0.497 e. The molecule has 0 saturated carbocycles. The zero-order chi connectivity index (χ0) is 19.6. The van der Waals surface area contributed by atoms with Gasteiger partial charge in [-0.3, -0.25) is 4.79 Å². The standard InChI is InChI=1S/C19H21N3O3S2/c1-10-11(2)27-19-17(10)18(20-12(3)21-19)26-9-16(23)22-14-7-6-13(24-4)8-15(14)25-5/h6-8H,9H2,1-5H3,(H,22,23). The summed E-state index contributed by atoms with van der Waals surface area (Å²) in [6, 6.07) is 5.28. The minimum atomic E-state index is -0.127. The van der Waals surface area contributed by atoms with E-state index in [9.17, 15) is 4.79 Å². The van der Waals surface area contributed by atoms with Gasteiger partial charge in [-0.15, -0.1) is 11.3 Å². The average Bonchev–Trinajstić information content (AvgIpc) is 2.93. The van der Waals surface area contributed by atoms with Crippen molar-refractivity contribution in [2.24, 2.45) is 0 Å². The van der Waals surface area contributed by atoms with Crippen LogP contribution < -0.4 is 14.8 Å². The summed E-state index contributed by atoms with van der Waals surface area (Å²) in [6.07, 6.45) is 0. The number of hydrogen-bond acceptors (Lipinski definition) is 7. The predicted octanol–water partition coefficient (Wildman–Crippen LogP) is 4.36. The number of thiophene rings is 1. The maximum absolute atomic E-state index is 12.5. The van der Waals surface area contributed by atoms with Crippen LogP contribution in [0.2, 0.25) is 0 Å². The van der Waals surface area contributed by atoms with Gasteiger partial charge in [-0.1, -0.05) is 11.8 Å². The number of anilines is 1. The molecule has 0 unspecified atom stereocenters. The summed E-state index contributed by atoms with van der Waals surface area (Å²) in [5.41, 5.74) is 1.78. The smallest absolute Gasteiger partial charge is 0.234 e. The lowest BCUT2D eigenvalue weighted by atomic mass is 10.2. The fourth-order valence-corrected chi connectivity index (χ4v) is 4.71. The number of ether oxygens (including phenoxy) is 2. The van der Waals surface area contributed by atoms with Gasteiger partial charge < -0.3 is 14.8 Å². The van der Waals surface area contributed by atoms with Crippen LogP contribution in [-0.2, 0) is 4.79 Å². The highest BCUT2D eigenvalue weighted by Gasteiger charge is 2.16. The van der Waals surface area contributed by atoms with E-state index in [1.807, 2.05) is 6.92 Å². The molecule has 0 fully saturated rings. The predicted molar refractivity (Wildman–Crippen MR) is 111 cm³/mol. The van der Waals surface area contributed by atoms with Gasteiger partial charge >= 0.3 is 0 Å². The van der Waals surface area contributed by atoms with Gasteiger partial charge in [0.15, 0.2) is 0 Å². The first-order chi connectivity index (χ1) is 12.9. The van der Waals surface area contributed by atoms with E-state index in [4.69, 9.17) is 9.47 Å². The molecule has 6 nitrogen and oxygen atoms in total. The minimum absolute atomic E-state index is 0.127. The molecule has 0 aliphatic carbocycles. The molecule has 3 rings (SSSR count). The maximum atomic E-state index is 12.5. The summed E-state index contributed by atoms with van der Waals surface area (Å²) in [4.78, 5) is 23.7. The summed E-state index contributed by atoms with van der Waals surface area (Å²) in [5, 5.41) is 4.77. The third-order valence-corrected chi connectivity index (χ3v) is 6.21. The van der Waals surface area contributed by atoms with Crippen molar-refractivity contribution >= 4 is 44.9 Å². The monoisotopic (exact) mass is 403 g/mol. The number of nitrogens with zero attached hydrogens (tertiary/aromatic N) is 2. The van der Waals surface area contributed by atoms with Gasteiger partial charge in [0, 0.05) is 16.3 Å². The molecule has 0 saturated heterocycles. The van der Waals surface area contributed by atoms with Crippen LogP contribution in [0.4, 0.5) is 5.69 Å². The Hall–Kier alpha value is -2.32. The second-order valence-corrected chi connectivity index (χ2v) is 8.11. The quantitative estimate of drug-likeness (QED) is 0.487. The third kappa shape index (κ3) is 4.17. The normalized spacial score (nSPS) is 10.9. The molecule has 0 spiro atoms. The molecule has 0 bridgehead atoms. The zero-order valence-corrected chi connectivity index (χ0v) is 17.5. The number of carbonyl (C=O) groups excluding carboxylic acids is 1. The van der Waals surface area contributed by atoms with Crippen LogP contribution >= 0.6 is 23.1 Å². The first-order valence-electron chi connectivity index (χ1n) is 8.32. The molecule has 8 heteroatoms. The number of aromatic nitrogens is 2. The SMILES string of the molecule is COc1ccc(NC(=O)CSc2nc(C)nc3sc(C)c(C)c23)c(OC)c1. The van der Waals surface area contributed by atoms with Crippen molar-refractivity contribution in [1.29, 1.82) is 0 Å². The van der Waals surface area contributed by atoms with Crippen molar-refractivity contribution in [3.63, 3.8) is 0 Å². The molecule has 1 aromatic carbocycles. The highest BCUT2D eigenvalue weighted by Crippen LogP contribution is 2.35. The topological polar surface area (TPSA) is 73.3 Å². The molecule has 3 aromatic rings. The second kappa shape index (κ2) is 8.14. The maximum Gasteiger partial charge on any atom is 0.234 e. The highest BCUT2D eigenvalue weighted by molar-refractivity contribution is 8.00. The summed E-state index contributed by atoms with van der Waals surface area (Å²) in [5.74, 6) is 2.05. The van der Waals surface area contributed by atoms with Gasteiger partial charge in [0.2, 0.25) is 5.91 Å². The van der Waals surface area contributed by atoms with E-state index in [1.54, 1.807) is 43.8 Å². The first kappa shape index (κ1) is 19.4. The lowest BCUT2D eigenvalue weighted by molar-refractivity contribution is -0.113. The zero-order valence-electron chi connectivity index (χ0n) is 15.9. The Morgan fingerprint density at radius 2 is 1.96 bits per heavy atom. The Balaban J connectivity index is 1.76. The van der Waals surface area contributed by atoms with Crippen molar-refractivity contribution in [3.8, 4) is 11.5 Å². The molecule has 1 amide bonds. The van der Waals surface area contributed by atoms with Crippen molar-refractivity contribution < 1.29 is 14.3 Å². The molecule has 0 aliphatic rings. The van der Waals surface area contributed by atoms with Crippen molar-refractivity contribution in [2.45, 2.75) is 25.8 Å². The van der Waals surface area contributed by atoms with E-state index in [0.29, 0.717) is 23.0 Å². The number of hydrogen-bond donors (Lipinski definition) is 1. The number of aryl methyl sites for hydroxylation is 3. The molecule has 2 aromatic heterocycles. The minimum Gasteiger partial charge on any atom is -0.497 e. The Morgan fingerprint density at radius 3 is 2.67 bits per heavy atom. The number of carbonyl (C=O) groups is 1. The molecular formula is C19H21N3O3S2. The van der Waals surface area contributed by atoms with E-state index in [-0.39, 0.29) is 11.7 Å². The molecule has 142 valence electrons. The fraction of sp³-hybridized carbons (Fsp3) is 0.316. The molecule has 1 N–H and O–H groups in total. The van der Waals surface area contributed by atoms with E-state index >= 15 is 0 Å². The highest BCUT2D eigenvalue weighted by atomic mass is 32.2. The lowest BCUT2D eigenvalue weighted by Gasteiger charge is -2.11. The molecule has 27 heavy (non-hydrogen) atoms. The van der Waals surface area contributed by atoms with E-state index in [0.717, 1.165) is 15.2 Å². The van der Waals surface area contributed by atoms with Crippen LogP contribution in [-0.4, -0.2) is 35.8 Å². The van der Waals surface area contributed by atoms with Crippen LogP contribution in [0.3, 0.4) is 0 Å². The Bertz CT molecular complexity index is 1000. The molecule has 0 radical (unpaired) electrons. The van der Waals surface area contributed by atoms with Gasteiger partial charge in [-0.2, -0.15) is 0 Å². The Labute approximate surface area is 166 Å². The number of nitrogens with one attached hydrogen (secondary N) is 1. The molecule has 0 aliphatic heterocycles. The van der Waals surface area contributed by atoms with Gasteiger partial charge in [0.1, 0.15) is 27.2 Å². The lowest BCUT2D eigenvalue weighted by Crippen LogP contribution is -2.15. The second-order valence-electron chi connectivity index (χ2n) is 5.94. The number of fused-ring (bicyclic) bond motifs is 1. The molecule has 2 heterocycles. The number of amides is 1. The van der Waals surface area contributed by atoms with Gasteiger partial charge in [-0.25, -0.2) is 9.97 Å². The first-order valence-corrected chi connectivity index (χ1v) is 10.1. The van der Waals surface area contributed by atoms with Crippen molar-refractivity contribution in [2.75, 3.05) is 25.3 Å². The Kier molecular flexibility index (Phi) is 5.86. The summed E-state index contributed by atoms with van der Waals surface area (Å²) in [6.45, 7) is 6.02. The van der Waals surface area contributed by atoms with E-state index in [2.05, 4.69) is 29.1 Å². The number of thioether (sulfide) groups is 1. The van der Waals surface area contributed by atoms with Crippen LogP contribution in [0.15, 0.2) is 23.2 Å². The van der Waals surface area contributed by atoms with Crippen LogP contribution in [0, 0.1) is 20.8 Å². The summed E-state index contributed by atoms with van der Waals surface area (Å²) in [7, 11) is 3.14. The number of benzene rings is 1. The molecular weight excluding hydrogens is 382 g/mol. The van der Waals surface area contributed by atoms with Crippen molar-refractivity contribution in [1.82, 2.24) is 9.97 Å². The third-order valence-electron chi connectivity index (χ3n) is 4.13. The fourth-order valence-electron chi connectivity index (χ4n) is 2.64. The summed E-state index contributed by atoms with van der Waals surface area (Å²) < 4.78 is 10.5. The average molecular weight is 404 g/mol. The van der Waals surface area contributed by atoms with Crippen molar-refractivity contribution in [3.05, 3.63) is 34.5 Å². The van der Waals surface area contributed by atoms with Gasteiger partial charge in [0.25, 0.3) is 0 Å². The number of rotatable bonds is 6. The van der Waals surface area contributed by atoms with Gasteiger partial charge in [-0.05, 0) is 38.5 Å². The van der Waals surface area contributed by atoms with Crippen LogP contribution in [0.1, 0.15) is 16.3 Å². The van der Waals surface area contributed by atoms with E-state index in [1.165, 1.54) is 22.2 Å². The Morgan fingerprint density at radius 1 is 1.19 bits per heavy atom. The van der Waals surface area contributed by atoms with Crippen LogP contribution in [0.25, 0.3) is 10.2 Å².